The maximum absolute atomic E-state index is 12.5. The Balaban J connectivity index is 2.26. The molecular formula is C18H14Cl2F3N5O3. The summed E-state index contributed by atoms with van der Waals surface area (Å²) in [5.41, 5.74) is -1.54. The highest BCUT2D eigenvalue weighted by atomic mass is 35.5. The Morgan fingerprint density at radius 1 is 1.39 bits per heavy atom. The highest BCUT2D eigenvalue weighted by Gasteiger charge is 2.56. The quantitative estimate of drug-likeness (QED) is 0.493. The van der Waals surface area contributed by atoms with Crippen LogP contribution in [0.25, 0.3) is 5.69 Å². The standard InChI is InChI=1S/C18H14Cl2F3N5O3/c1-27(2)8-25-15-13(17(3-4-17)16(29)30)12(7-24)26-28(15)14-10(19)5-9(6-11(14)20)31-18(21,22)23/h5-6,8H,3-4H2,1-2H3,(H,29,30)/b25-8+. The smallest absolute Gasteiger partial charge is 0.481 e. The summed E-state index contributed by atoms with van der Waals surface area (Å²) < 4.78 is 42.5. The summed E-state index contributed by atoms with van der Waals surface area (Å²) in [6.07, 6.45) is -3.05. The number of alkyl halides is 3. The average molecular weight is 476 g/mol. The first-order valence-electron chi connectivity index (χ1n) is 8.62. The van der Waals surface area contributed by atoms with Gasteiger partial charge in [0.25, 0.3) is 0 Å². The van der Waals surface area contributed by atoms with Crippen molar-refractivity contribution < 1.29 is 27.8 Å². The van der Waals surface area contributed by atoms with Crippen molar-refractivity contribution in [2.24, 2.45) is 4.99 Å². The minimum absolute atomic E-state index is 0.0153. The number of aromatic nitrogens is 2. The van der Waals surface area contributed by atoms with Crippen molar-refractivity contribution in [1.82, 2.24) is 14.7 Å². The van der Waals surface area contributed by atoms with Gasteiger partial charge in [-0.05, 0) is 12.8 Å². The number of rotatable bonds is 6. The normalized spacial score (nSPS) is 15.0. The second kappa shape index (κ2) is 7.94. The van der Waals surface area contributed by atoms with Gasteiger partial charge in [-0.3, -0.25) is 4.79 Å². The number of carboxylic acids is 1. The van der Waals surface area contributed by atoms with Crippen molar-refractivity contribution >= 4 is 41.3 Å². The number of aliphatic imine (C=N–C) groups is 1. The van der Waals surface area contributed by atoms with Crippen LogP contribution in [-0.2, 0) is 10.2 Å². The largest absolute Gasteiger partial charge is 0.573 e. The molecule has 0 spiro atoms. The second-order valence-corrected chi connectivity index (χ2v) is 7.76. The summed E-state index contributed by atoms with van der Waals surface area (Å²) in [4.78, 5) is 17.7. The fourth-order valence-corrected chi connectivity index (χ4v) is 3.63. The first kappa shape index (κ1) is 22.7. The monoisotopic (exact) mass is 475 g/mol. The van der Waals surface area contributed by atoms with E-state index in [0.29, 0.717) is 0 Å². The lowest BCUT2D eigenvalue weighted by Gasteiger charge is -2.15. The van der Waals surface area contributed by atoms with Crippen molar-refractivity contribution in [2.45, 2.75) is 24.6 Å². The summed E-state index contributed by atoms with van der Waals surface area (Å²) in [6, 6.07) is 3.62. The maximum Gasteiger partial charge on any atom is 0.573 e. The Hall–Kier alpha value is -2.97. The van der Waals surface area contributed by atoms with Crippen LogP contribution in [0, 0.1) is 11.3 Å². The van der Waals surface area contributed by atoms with Crippen LogP contribution in [0.15, 0.2) is 17.1 Å². The zero-order valence-electron chi connectivity index (χ0n) is 16.0. The molecule has 0 unspecified atom stereocenters. The predicted octanol–water partition coefficient (Wildman–Crippen LogP) is 4.29. The third-order valence-corrected chi connectivity index (χ3v) is 5.03. The number of hydrogen-bond donors (Lipinski definition) is 1. The first-order chi connectivity index (χ1) is 14.4. The predicted molar refractivity (Wildman–Crippen MR) is 105 cm³/mol. The molecule has 8 nitrogen and oxygen atoms in total. The summed E-state index contributed by atoms with van der Waals surface area (Å²) in [6.45, 7) is 0. The van der Waals surface area contributed by atoms with Gasteiger partial charge in [0.1, 0.15) is 17.5 Å². The Morgan fingerprint density at radius 2 is 1.97 bits per heavy atom. The van der Waals surface area contributed by atoms with Crippen LogP contribution in [0.1, 0.15) is 24.1 Å². The van der Waals surface area contributed by atoms with E-state index in [-0.39, 0.29) is 45.6 Å². The zero-order chi connectivity index (χ0) is 23.1. The molecule has 0 atom stereocenters. The van der Waals surface area contributed by atoms with Crippen LogP contribution >= 0.6 is 23.2 Å². The number of nitrogens with zero attached hydrogens (tertiary/aromatic N) is 5. The van der Waals surface area contributed by atoms with E-state index in [1.54, 1.807) is 19.0 Å². The molecule has 0 radical (unpaired) electrons. The van der Waals surface area contributed by atoms with Gasteiger partial charge >= 0.3 is 12.3 Å². The molecule has 1 aromatic carbocycles. The van der Waals surface area contributed by atoms with E-state index < -0.39 is 23.5 Å². The van der Waals surface area contributed by atoms with Gasteiger partial charge in [-0.2, -0.15) is 10.4 Å². The second-order valence-electron chi connectivity index (χ2n) is 6.95. The van der Waals surface area contributed by atoms with Gasteiger partial charge < -0.3 is 14.7 Å². The lowest BCUT2D eigenvalue weighted by atomic mass is 9.95. The Labute approximate surface area is 184 Å². The van der Waals surface area contributed by atoms with Crippen molar-refractivity contribution in [1.29, 1.82) is 5.26 Å². The molecule has 1 aliphatic rings. The summed E-state index contributed by atoms with van der Waals surface area (Å²) in [5, 5.41) is 22.9. The Kier molecular flexibility index (Phi) is 5.82. The van der Waals surface area contributed by atoms with Crippen molar-refractivity contribution in [3.05, 3.63) is 33.4 Å². The molecule has 3 rings (SSSR count). The molecule has 1 heterocycles. The van der Waals surface area contributed by atoms with Gasteiger partial charge in [-0.15, -0.1) is 13.2 Å². The van der Waals surface area contributed by atoms with E-state index >= 15 is 0 Å². The van der Waals surface area contributed by atoms with Crippen LogP contribution in [0.5, 0.6) is 5.75 Å². The van der Waals surface area contributed by atoms with Gasteiger partial charge in [-0.1, -0.05) is 23.2 Å². The van der Waals surface area contributed by atoms with Gasteiger partial charge in [0.2, 0.25) is 0 Å². The molecule has 1 N–H and O–H groups in total. The van der Waals surface area contributed by atoms with E-state index in [0.717, 1.165) is 16.8 Å². The van der Waals surface area contributed by atoms with Crippen LogP contribution in [0.2, 0.25) is 10.0 Å². The topological polar surface area (TPSA) is 104 Å². The fourth-order valence-electron chi connectivity index (χ4n) is 3.01. The van der Waals surface area contributed by atoms with Crippen LogP contribution in [-0.4, -0.2) is 52.6 Å². The molecule has 0 bridgehead atoms. The number of halogens is 5. The van der Waals surface area contributed by atoms with Crippen molar-refractivity contribution in [3.63, 3.8) is 0 Å². The third kappa shape index (κ3) is 4.40. The third-order valence-electron chi connectivity index (χ3n) is 4.45. The molecule has 13 heteroatoms. The Bertz CT molecular complexity index is 1090. The molecule has 1 aromatic heterocycles. The summed E-state index contributed by atoms with van der Waals surface area (Å²) in [5.74, 6) is -1.81. The lowest BCUT2D eigenvalue weighted by molar-refractivity contribution is -0.274. The fraction of sp³-hybridized carbons (Fsp3) is 0.333. The first-order valence-corrected chi connectivity index (χ1v) is 9.38. The SMILES string of the molecule is CN(C)/C=N/c1c(C2(C(=O)O)CC2)c(C#N)nn1-c1c(Cl)cc(OC(F)(F)F)cc1Cl. The minimum atomic E-state index is -4.96. The van der Waals surface area contributed by atoms with Crippen LogP contribution in [0.4, 0.5) is 19.0 Å². The van der Waals surface area contributed by atoms with Gasteiger partial charge in [0.15, 0.2) is 11.5 Å². The number of aliphatic carboxylic acids is 1. The lowest BCUT2D eigenvalue weighted by Crippen LogP contribution is -2.20. The highest BCUT2D eigenvalue weighted by molar-refractivity contribution is 6.38. The molecular weight excluding hydrogens is 462 g/mol. The number of benzene rings is 1. The molecule has 0 saturated heterocycles. The molecule has 0 amide bonds. The number of carboxylic acid groups (broad SMARTS) is 1. The molecule has 1 aliphatic carbocycles. The number of ether oxygens (including phenoxy) is 1. The van der Waals surface area contributed by atoms with Crippen molar-refractivity contribution in [2.75, 3.05) is 14.1 Å². The van der Waals surface area contributed by atoms with Gasteiger partial charge in [0.05, 0.1) is 27.4 Å². The molecule has 1 saturated carbocycles. The zero-order valence-corrected chi connectivity index (χ0v) is 17.5. The summed E-state index contributed by atoms with van der Waals surface area (Å²) in [7, 11) is 3.34. The van der Waals surface area contributed by atoms with E-state index in [1.165, 1.54) is 6.34 Å². The van der Waals surface area contributed by atoms with Gasteiger partial charge in [-0.25, -0.2) is 9.67 Å². The van der Waals surface area contributed by atoms with E-state index in [1.807, 2.05) is 6.07 Å². The number of carbonyl (C=O) groups is 1. The van der Waals surface area contributed by atoms with Crippen LogP contribution in [0.3, 0.4) is 0 Å². The average Bonchev–Trinajstić information content (AvgIpc) is 3.35. The maximum atomic E-state index is 12.5. The van der Waals surface area contributed by atoms with Gasteiger partial charge in [0, 0.05) is 26.2 Å². The van der Waals surface area contributed by atoms with E-state index in [9.17, 15) is 28.3 Å². The van der Waals surface area contributed by atoms with E-state index in [4.69, 9.17) is 23.2 Å². The summed E-state index contributed by atoms with van der Waals surface area (Å²) >= 11 is 12.4. The minimum Gasteiger partial charge on any atom is -0.481 e. The molecule has 31 heavy (non-hydrogen) atoms. The number of nitriles is 1. The van der Waals surface area contributed by atoms with Crippen LogP contribution < -0.4 is 4.74 Å². The molecule has 2 aromatic rings. The van der Waals surface area contributed by atoms with E-state index in [2.05, 4.69) is 14.8 Å². The number of hydrogen-bond acceptors (Lipinski definition) is 5. The molecule has 0 aliphatic heterocycles. The Morgan fingerprint density at radius 3 is 2.39 bits per heavy atom. The molecule has 164 valence electrons. The molecule has 1 fully saturated rings. The highest BCUT2D eigenvalue weighted by Crippen LogP contribution is 2.53. The van der Waals surface area contributed by atoms with Crippen molar-refractivity contribution in [3.8, 4) is 17.5 Å².